The van der Waals surface area contributed by atoms with Gasteiger partial charge in [-0.15, -0.1) is 0 Å². The molecule has 0 aromatic heterocycles. The van der Waals surface area contributed by atoms with Crippen molar-refractivity contribution >= 4 is 35.3 Å². The Kier molecular flexibility index (Phi) is 1.64. The zero-order valence-corrected chi connectivity index (χ0v) is 9.88. The number of hydrogen-bond donors (Lipinski definition) is 0. The lowest BCUT2D eigenvalue weighted by atomic mass is 10.2. The van der Waals surface area contributed by atoms with Crippen LogP contribution in [0, 0.1) is 0 Å². The molecule has 4 aliphatic heterocycles. The smallest absolute Gasteiger partial charge is 0.230 e. The van der Waals surface area contributed by atoms with E-state index in [1.165, 1.54) is 0 Å². The lowest BCUT2D eigenvalue weighted by molar-refractivity contribution is -0.138. The number of β-lactam (4-membered cyclic amide) rings is 2. The Labute approximate surface area is 101 Å². The average molecular weight is 252 g/mol. The maximum atomic E-state index is 11.2. The third-order valence-electron chi connectivity index (χ3n) is 3.18. The van der Waals surface area contributed by atoms with Crippen LogP contribution in [-0.4, -0.2) is 32.4 Å². The van der Waals surface area contributed by atoms with E-state index in [1.54, 1.807) is 33.3 Å². The molecule has 0 aromatic rings. The second kappa shape index (κ2) is 2.87. The predicted molar refractivity (Wildman–Crippen MR) is 61.9 cm³/mol. The van der Waals surface area contributed by atoms with Gasteiger partial charge in [-0.25, -0.2) is 0 Å². The molecule has 0 spiro atoms. The van der Waals surface area contributed by atoms with Gasteiger partial charge in [-0.1, -0.05) is 23.5 Å². The van der Waals surface area contributed by atoms with Gasteiger partial charge in [0.25, 0.3) is 0 Å². The third kappa shape index (κ3) is 1.04. The van der Waals surface area contributed by atoms with Crippen LogP contribution >= 0.6 is 23.5 Å². The highest BCUT2D eigenvalue weighted by Crippen LogP contribution is 2.52. The van der Waals surface area contributed by atoms with E-state index < -0.39 is 0 Å². The Morgan fingerprint density at radius 3 is 1.69 bits per heavy atom. The van der Waals surface area contributed by atoms with Gasteiger partial charge >= 0.3 is 0 Å². The molecule has 0 unspecified atom stereocenters. The normalized spacial score (nSPS) is 35.2. The fourth-order valence-electron chi connectivity index (χ4n) is 2.16. The van der Waals surface area contributed by atoms with Gasteiger partial charge in [-0.05, 0) is 0 Å². The lowest BCUT2D eigenvalue weighted by Gasteiger charge is -2.31. The molecule has 0 aliphatic carbocycles. The molecule has 2 saturated heterocycles. The highest BCUT2D eigenvalue weighted by molar-refractivity contribution is 8.09. The number of carbonyl (C=O) groups excluding carboxylic acids is 2. The van der Waals surface area contributed by atoms with Crippen LogP contribution in [0.5, 0.6) is 0 Å². The molecule has 2 atom stereocenters. The van der Waals surface area contributed by atoms with E-state index in [2.05, 4.69) is 0 Å². The minimum atomic E-state index is 0.204. The third-order valence-corrected chi connectivity index (χ3v) is 5.80. The molecule has 0 N–H and O–H groups in total. The van der Waals surface area contributed by atoms with Crippen molar-refractivity contribution in [1.82, 2.24) is 9.80 Å². The number of rotatable bonds is 1. The number of hydrogen-bond acceptors (Lipinski definition) is 4. The fourth-order valence-corrected chi connectivity index (χ4v) is 4.76. The van der Waals surface area contributed by atoms with E-state index in [0.29, 0.717) is 23.6 Å². The quantitative estimate of drug-likeness (QED) is 0.659. The summed E-state index contributed by atoms with van der Waals surface area (Å²) >= 11 is 3.47. The Morgan fingerprint density at radius 1 is 0.938 bits per heavy atom. The van der Waals surface area contributed by atoms with Gasteiger partial charge in [0.05, 0.1) is 23.6 Å². The van der Waals surface area contributed by atoms with Crippen molar-refractivity contribution in [2.45, 2.75) is 23.6 Å². The summed E-state index contributed by atoms with van der Waals surface area (Å²) in [5.74, 6) is 0.408. The standard InChI is InChI=1S/C10H8N2O2S2/c13-7-1-9-11(7)3-5(15-9)6-4-12-8(14)2-10(12)16-6/h3-4,9-10H,1-2H2/t9-,10-/m1/s1. The summed E-state index contributed by atoms with van der Waals surface area (Å²) in [7, 11) is 0. The van der Waals surface area contributed by atoms with E-state index in [9.17, 15) is 9.59 Å². The van der Waals surface area contributed by atoms with E-state index in [4.69, 9.17) is 0 Å². The summed E-state index contributed by atoms with van der Waals surface area (Å²) < 4.78 is 0. The van der Waals surface area contributed by atoms with Crippen molar-refractivity contribution in [2.24, 2.45) is 0 Å². The molecular formula is C10H8N2O2S2. The Hall–Kier alpha value is -0.880. The fraction of sp³-hybridized carbons (Fsp3) is 0.400. The first kappa shape index (κ1) is 9.18. The number of amides is 2. The average Bonchev–Trinajstić information content (AvgIpc) is 2.75. The Balaban J connectivity index is 1.60. The van der Waals surface area contributed by atoms with E-state index in [-0.39, 0.29) is 11.8 Å². The molecule has 2 amide bonds. The Morgan fingerprint density at radius 2 is 1.38 bits per heavy atom. The molecule has 4 aliphatic rings. The molecule has 2 fully saturated rings. The summed E-state index contributed by atoms with van der Waals surface area (Å²) in [6, 6.07) is 0. The van der Waals surface area contributed by atoms with Crippen molar-refractivity contribution in [3.05, 3.63) is 22.2 Å². The molecule has 0 saturated carbocycles. The zero-order chi connectivity index (χ0) is 10.9. The van der Waals surface area contributed by atoms with Gasteiger partial charge in [0, 0.05) is 22.2 Å². The summed E-state index contributed by atoms with van der Waals surface area (Å²) in [6.45, 7) is 0. The SMILES string of the molecule is O=C1C[C@H]2SC(C3=CN4C(=O)C[C@H]4S3)=CN12. The van der Waals surface area contributed by atoms with Crippen LogP contribution in [0.3, 0.4) is 0 Å². The first-order valence-electron chi connectivity index (χ1n) is 5.12. The predicted octanol–water partition coefficient (Wildman–Crippen LogP) is 1.28. The number of fused-ring (bicyclic) bond motifs is 2. The van der Waals surface area contributed by atoms with Crippen LogP contribution in [0.15, 0.2) is 22.2 Å². The van der Waals surface area contributed by atoms with E-state index in [0.717, 1.165) is 9.81 Å². The second-order valence-corrected chi connectivity index (χ2v) is 6.58. The van der Waals surface area contributed by atoms with E-state index >= 15 is 0 Å². The summed E-state index contributed by atoms with van der Waals surface area (Å²) in [4.78, 5) is 28.3. The zero-order valence-electron chi connectivity index (χ0n) is 8.25. The minimum absolute atomic E-state index is 0.204. The maximum Gasteiger partial charge on any atom is 0.230 e. The number of carbonyl (C=O) groups is 2. The molecule has 0 radical (unpaired) electrons. The van der Waals surface area contributed by atoms with Crippen LogP contribution in [0.25, 0.3) is 0 Å². The van der Waals surface area contributed by atoms with Crippen molar-refractivity contribution in [1.29, 1.82) is 0 Å². The van der Waals surface area contributed by atoms with Gasteiger partial charge in [0.1, 0.15) is 0 Å². The number of thioether (sulfide) groups is 2. The van der Waals surface area contributed by atoms with Crippen LogP contribution in [0.1, 0.15) is 12.8 Å². The first-order chi connectivity index (χ1) is 7.72. The van der Waals surface area contributed by atoms with Crippen LogP contribution in [0.4, 0.5) is 0 Å². The van der Waals surface area contributed by atoms with Gasteiger partial charge < -0.3 is 9.80 Å². The molecule has 6 heteroatoms. The van der Waals surface area contributed by atoms with Crippen LogP contribution in [0.2, 0.25) is 0 Å². The van der Waals surface area contributed by atoms with Crippen molar-refractivity contribution in [2.75, 3.05) is 0 Å². The minimum Gasteiger partial charge on any atom is -0.304 e. The summed E-state index contributed by atoms with van der Waals surface area (Å²) in [5, 5.41) is 0.626. The van der Waals surface area contributed by atoms with Crippen molar-refractivity contribution in [3.63, 3.8) is 0 Å². The first-order valence-corrected chi connectivity index (χ1v) is 6.88. The molecule has 0 aromatic carbocycles. The largest absolute Gasteiger partial charge is 0.304 e. The van der Waals surface area contributed by atoms with Gasteiger partial charge in [0.2, 0.25) is 11.8 Å². The van der Waals surface area contributed by atoms with Crippen LogP contribution < -0.4 is 0 Å². The highest BCUT2D eigenvalue weighted by atomic mass is 32.2. The Bertz CT molecular complexity index is 441. The van der Waals surface area contributed by atoms with Gasteiger partial charge in [0.15, 0.2) is 0 Å². The monoisotopic (exact) mass is 252 g/mol. The molecule has 16 heavy (non-hydrogen) atoms. The van der Waals surface area contributed by atoms with Gasteiger partial charge in [-0.2, -0.15) is 0 Å². The van der Waals surface area contributed by atoms with Gasteiger partial charge in [-0.3, -0.25) is 9.59 Å². The molecule has 4 heterocycles. The van der Waals surface area contributed by atoms with E-state index in [1.807, 2.05) is 12.4 Å². The second-order valence-electron chi connectivity index (χ2n) is 4.14. The van der Waals surface area contributed by atoms with Crippen molar-refractivity contribution in [3.8, 4) is 0 Å². The summed E-state index contributed by atoms with van der Waals surface area (Å²) in [6.07, 6.45) is 5.15. The highest BCUT2D eigenvalue weighted by Gasteiger charge is 2.45. The summed E-state index contributed by atoms with van der Waals surface area (Å²) in [5.41, 5.74) is 0. The molecule has 82 valence electrons. The lowest BCUT2D eigenvalue weighted by Crippen LogP contribution is -2.44. The molecule has 4 nitrogen and oxygen atoms in total. The maximum absolute atomic E-state index is 11.2. The molecule has 0 bridgehead atoms. The molecule has 4 rings (SSSR count). The van der Waals surface area contributed by atoms with Crippen LogP contribution in [-0.2, 0) is 9.59 Å². The number of nitrogens with zero attached hydrogens (tertiary/aromatic N) is 2. The molecular weight excluding hydrogens is 244 g/mol. The topological polar surface area (TPSA) is 40.6 Å². The van der Waals surface area contributed by atoms with Crippen molar-refractivity contribution < 1.29 is 9.59 Å².